The van der Waals surface area contributed by atoms with Crippen LogP contribution in [0, 0.1) is 6.92 Å². The van der Waals surface area contributed by atoms with Gasteiger partial charge in [-0.15, -0.1) is 0 Å². The molecule has 0 aliphatic heterocycles. The molecule has 0 bridgehead atoms. The van der Waals surface area contributed by atoms with Crippen molar-refractivity contribution >= 4 is 22.7 Å². The van der Waals surface area contributed by atoms with Gasteiger partial charge in [0.15, 0.2) is 0 Å². The maximum atomic E-state index is 12.4. The fourth-order valence-corrected chi connectivity index (χ4v) is 2.03. The number of fused-ring (bicyclic) bond motifs is 1. The second-order valence-corrected chi connectivity index (χ2v) is 4.21. The molecule has 0 saturated carbocycles. The average molecular weight is 276 g/mol. The molecule has 0 amide bonds. The van der Waals surface area contributed by atoms with E-state index < -0.39 is 11.5 Å². The van der Waals surface area contributed by atoms with E-state index in [1.807, 2.05) is 0 Å². The minimum Gasteiger partial charge on any atom is -0.462 e. The molecule has 0 radical (unpaired) electrons. The molecule has 0 spiro atoms. The van der Waals surface area contributed by atoms with E-state index in [-0.39, 0.29) is 17.9 Å². The van der Waals surface area contributed by atoms with Crippen LogP contribution < -0.4 is 11.3 Å². The molecular formula is C13H16N4O3. The van der Waals surface area contributed by atoms with Gasteiger partial charge in [-0.3, -0.25) is 9.36 Å². The number of carbonyl (C=O) groups is 1. The number of nitrogens with two attached hydrogens (primary N) is 1. The van der Waals surface area contributed by atoms with Gasteiger partial charge >= 0.3 is 5.97 Å². The van der Waals surface area contributed by atoms with E-state index >= 15 is 0 Å². The van der Waals surface area contributed by atoms with Crippen molar-refractivity contribution < 1.29 is 9.53 Å². The van der Waals surface area contributed by atoms with Gasteiger partial charge in [0.2, 0.25) is 0 Å². The van der Waals surface area contributed by atoms with Crippen LogP contribution in [0.15, 0.2) is 11.0 Å². The third kappa shape index (κ3) is 2.11. The first-order chi connectivity index (χ1) is 9.51. The smallest absolute Gasteiger partial charge is 0.345 e. The summed E-state index contributed by atoms with van der Waals surface area (Å²) in [5.74, 6) is -0.193. The second kappa shape index (κ2) is 5.28. The summed E-state index contributed by atoms with van der Waals surface area (Å²) in [6, 6.07) is 0. The molecule has 0 atom stereocenters. The first-order valence-electron chi connectivity index (χ1n) is 6.34. The van der Waals surface area contributed by atoms with Crippen LogP contribution in [0.25, 0.3) is 11.0 Å². The van der Waals surface area contributed by atoms with Gasteiger partial charge < -0.3 is 10.5 Å². The Kier molecular flexibility index (Phi) is 3.69. The van der Waals surface area contributed by atoms with Crippen LogP contribution in [0.1, 0.15) is 30.0 Å². The lowest BCUT2D eigenvalue weighted by molar-refractivity contribution is 0.0525. The van der Waals surface area contributed by atoms with Crippen LogP contribution in [0.5, 0.6) is 0 Å². The van der Waals surface area contributed by atoms with Gasteiger partial charge in [-0.2, -0.15) is 0 Å². The molecule has 0 fully saturated rings. The molecule has 2 aromatic heterocycles. The molecule has 2 rings (SSSR count). The molecule has 0 aliphatic carbocycles. The molecule has 106 valence electrons. The number of nitrogens with zero attached hydrogens (tertiary/aromatic N) is 3. The summed E-state index contributed by atoms with van der Waals surface area (Å²) in [5.41, 5.74) is 5.77. The molecule has 0 aliphatic rings. The minimum atomic E-state index is -0.723. The van der Waals surface area contributed by atoms with E-state index in [9.17, 15) is 9.59 Å². The molecular weight excluding hydrogens is 260 g/mol. The zero-order valence-electron chi connectivity index (χ0n) is 11.6. The Morgan fingerprint density at radius 2 is 2.15 bits per heavy atom. The van der Waals surface area contributed by atoms with Gasteiger partial charge in [0.25, 0.3) is 5.56 Å². The predicted molar refractivity (Wildman–Crippen MR) is 74.6 cm³/mol. The van der Waals surface area contributed by atoms with Crippen LogP contribution in [-0.4, -0.2) is 27.1 Å². The van der Waals surface area contributed by atoms with E-state index in [0.717, 1.165) is 0 Å². The Hall–Kier alpha value is -2.44. The number of hydrogen-bond acceptors (Lipinski definition) is 6. The zero-order chi connectivity index (χ0) is 14.9. The van der Waals surface area contributed by atoms with Crippen molar-refractivity contribution in [1.29, 1.82) is 0 Å². The van der Waals surface area contributed by atoms with Crippen LogP contribution >= 0.6 is 0 Å². The Bertz CT molecular complexity index is 736. The summed E-state index contributed by atoms with van der Waals surface area (Å²) in [5, 5.41) is 0.472. The summed E-state index contributed by atoms with van der Waals surface area (Å²) in [7, 11) is 0. The van der Waals surface area contributed by atoms with Crippen molar-refractivity contribution in [2.24, 2.45) is 0 Å². The maximum Gasteiger partial charge on any atom is 0.345 e. The number of aryl methyl sites for hydroxylation is 2. The first kappa shape index (κ1) is 14.0. The average Bonchev–Trinajstić information content (AvgIpc) is 2.39. The zero-order valence-corrected chi connectivity index (χ0v) is 11.6. The van der Waals surface area contributed by atoms with Crippen molar-refractivity contribution in [3.8, 4) is 0 Å². The first-order valence-corrected chi connectivity index (χ1v) is 6.34. The fraction of sp³-hybridized carbons (Fsp3) is 0.385. The second-order valence-electron chi connectivity index (χ2n) is 4.21. The molecule has 7 heteroatoms. The van der Waals surface area contributed by atoms with E-state index in [1.54, 1.807) is 20.8 Å². The number of pyridine rings is 1. The number of anilines is 1. The van der Waals surface area contributed by atoms with E-state index in [2.05, 4.69) is 9.97 Å². The molecule has 0 unspecified atom stereocenters. The Morgan fingerprint density at radius 3 is 2.75 bits per heavy atom. The fourth-order valence-electron chi connectivity index (χ4n) is 2.03. The summed E-state index contributed by atoms with van der Waals surface area (Å²) in [6.45, 7) is 5.73. The van der Waals surface area contributed by atoms with Gasteiger partial charge in [0, 0.05) is 12.7 Å². The summed E-state index contributed by atoms with van der Waals surface area (Å²) in [6.07, 6.45) is 1.52. The number of hydrogen-bond donors (Lipinski definition) is 1. The Balaban J connectivity index is 2.88. The quantitative estimate of drug-likeness (QED) is 0.835. The molecule has 2 heterocycles. The van der Waals surface area contributed by atoms with Crippen molar-refractivity contribution in [2.75, 3.05) is 12.3 Å². The standard InChI is InChI=1S/C13H16N4O3/c1-4-17-11-8(6-15-7(3)16-11)10(14)9(12(17)18)13(19)20-5-2/h6H,4-5,14H2,1-3H3. The normalized spacial score (nSPS) is 10.8. The third-order valence-corrected chi connectivity index (χ3v) is 2.96. The lowest BCUT2D eigenvalue weighted by Gasteiger charge is -2.13. The van der Waals surface area contributed by atoms with Crippen molar-refractivity contribution in [3.63, 3.8) is 0 Å². The lowest BCUT2D eigenvalue weighted by Crippen LogP contribution is -2.29. The third-order valence-electron chi connectivity index (χ3n) is 2.96. The highest BCUT2D eigenvalue weighted by Crippen LogP contribution is 2.21. The number of ether oxygens (including phenoxy) is 1. The summed E-state index contributed by atoms with van der Waals surface area (Å²) in [4.78, 5) is 32.6. The van der Waals surface area contributed by atoms with Crippen molar-refractivity contribution in [3.05, 3.63) is 27.9 Å². The Morgan fingerprint density at radius 1 is 1.45 bits per heavy atom. The van der Waals surface area contributed by atoms with E-state index in [0.29, 0.717) is 23.4 Å². The van der Waals surface area contributed by atoms with Gasteiger partial charge in [-0.25, -0.2) is 14.8 Å². The molecule has 2 aromatic rings. The number of aromatic nitrogens is 3. The molecule has 7 nitrogen and oxygen atoms in total. The summed E-state index contributed by atoms with van der Waals surface area (Å²) < 4.78 is 6.28. The minimum absolute atomic E-state index is 0.0631. The summed E-state index contributed by atoms with van der Waals surface area (Å²) >= 11 is 0. The largest absolute Gasteiger partial charge is 0.462 e. The van der Waals surface area contributed by atoms with Gasteiger partial charge in [0.05, 0.1) is 17.7 Å². The highest BCUT2D eigenvalue weighted by Gasteiger charge is 2.22. The SMILES string of the molecule is CCOC(=O)c1c(N)c2cnc(C)nc2n(CC)c1=O. The van der Waals surface area contributed by atoms with E-state index in [4.69, 9.17) is 10.5 Å². The number of esters is 1. The van der Waals surface area contributed by atoms with Crippen LogP contribution in [-0.2, 0) is 11.3 Å². The molecule has 2 N–H and O–H groups in total. The van der Waals surface area contributed by atoms with Crippen LogP contribution in [0.3, 0.4) is 0 Å². The van der Waals surface area contributed by atoms with Crippen LogP contribution in [0.2, 0.25) is 0 Å². The van der Waals surface area contributed by atoms with Crippen molar-refractivity contribution in [2.45, 2.75) is 27.3 Å². The molecule has 0 aromatic carbocycles. The highest BCUT2D eigenvalue weighted by atomic mass is 16.5. The predicted octanol–water partition coefficient (Wildman–Crippen LogP) is 0.879. The van der Waals surface area contributed by atoms with E-state index in [1.165, 1.54) is 10.8 Å². The number of carbonyl (C=O) groups excluding carboxylic acids is 1. The number of nitrogen functional groups attached to an aromatic ring is 1. The highest BCUT2D eigenvalue weighted by molar-refractivity contribution is 6.03. The maximum absolute atomic E-state index is 12.4. The van der Waals surface area contributed by atoms with Gasteiger partial charge in [-0.05, 0) is 20.8 Å². The van der Waals surface area contributed by atoms with Gasteiger partial charge in [-0.1, -0.05) is 0 Å². The monoisotopic (exact) mass is 276 g/mol. The molecule has 20 heavy (non-hydrogen) atoms. The topological polar surface area (TPSA) is 100 Å². The van der Waals surface area contributed by atoms with Crippen molar-refractivity contribution in [1.82, 2.24) is 14.5 Å². The van der Waals surface area contributed by atoms with Crippen LogP contribution in [0.4, 0.5) is 5.69 Å². The molecule has 0 saturated heterocycles. The lowest BCUT2D eigenvalue weighted by atomic mass is 10.1. The number of rotatable bonds is 3. The Labute approximate surface area is 115 Å². The van der Waals surface area contributed by atoms with Gasteiger partial charge in [0.1, 0.15) is 17.0 Å².